The molecule has 20 nitrogen and oxygen atoms in total. The Morgan fingerprint density at radius 3 is 1.81 bits per heavy atom. The number of nitrogen functional groups attached to an aromatic ring is 3. The lowest BCUT2D eigenvalue weighted by molar-refractivity contribution is -0.159. The van der Waals surface area contributed by atoms with Gasteiger partial charge in [0.25, 0.3) is 11.8 Å². The molecule has 1 saturated heterocycles. The van der Waals surface area contributed by atoms with Crippen LogP contribution in [0.3, 0.4) is 0 Å². The third kappa shape index (κ3) is 12.5. The lowest BCUT2D eigenvalue weighted by Gasteiger charge is -2.30. The average molecular weight is 1140 g/mol. The van der Waals surface area contributed by atoms with Gasteiger partial charge in [0.2, 0.25) is 0 Å². The summed E-state index contributed by atoms with van der Waals surface area (Å²) in [6, 6.07) is 29.0. The Morgan fingerprint density at radius 1 is 0.759 bits per heavy atom. The number of aliphatic hydroxyl groups excluding tert-OH is 1. The third-order valence-corrected chi connectivity index (χ3v) is 14.4. The number of amides is 2. The highest BCUT2D eigenvalue weighted by Gasteiger charge is 2.39. The van der Waals surface area contributed by atoms with E-state index in [1.165, 1.54) is 35.3 Å². The van der Waals surface area contributed by atoms with Crippen molar-refractivity contribution in [2.24, 2.45) is 5.73 Å². The van der Waals surface area contributed by atoms with E-state index >= 15 is 0 Å². The minimum atomic E-state index is -0.672. The van der Waals surface area contributed by atoms with Crippen LogP contribution in [-0.2, 0) is 16.0 Å². The molecule has 10 rings (SSSR count). The van der Waals surface area contributed by atoms with Crippen LogP contribution in [0.2, 0.25) is 0 Å². The summed E-state index contributed by atoms with van der Waals surface area (Å²) in [5, 5.41) is 43.7. The molecule has 7 aromatic rings. The Morgan fingerprint density at radius 2 is 1.29 bits per heavy atom. The number of carbonyl (C=O) groups excluding carboxylic acids is 4. The number of ether oxygens (including phenoxy) is 2. The number of nitrogens with one attached hydrogen (secondary N) is 1. The standard InChI is InChI=1S/C25H28FN5O3.C20H20N4O3.C12H9BrN4O/c1-14-2-7-17(26)12-20(14)25(34)29-13-15-3-8-18(9-4-15)31-23(24(28)33)21(27)22(30-31)16-5-10-19(32)11-6-16;1-13(25)19-17(22)18(15-6-8-20(9-7-15)26-10-11-27-20)23-24(19)16-4-2-14(12-21)3-5-16;1-7(18)11-10(15)12(13)16-17(11)9-4-2-8(6-14)3-5-9/h2-4,7-9,12,16,19,32H,5-6,10-11,13,27H2,1H3,(H2,28,33)(H,29,34);2-6H,7-11,22H2,1H3;2-5H,15H2,1H3. The molecule has 10 N–H and O–H groups in total. The number of primary amides is 1. The third-order valence-electron chi connectivity index (χ3n) is 13.8. The van der Waals surface area contributed by atoms with Gasteiger partial charge in [0.05, 0.1) is 82.4 Å². The van der Waals surface area contributed by atoms with Gasteiger partial charge in [-0.3, -0.25) is 19.2 Å². The predicted octanol–water partition coefficient (Wildman–Crippen LogP) is 8.08. The van der Waals surface area contributed by atoms with Gasteiger partial charge in [-0.05, 0) is 144 Å². The number of nitriles is 2. The molecule has 0 unspecified atom stereocenters. The van der Waals surface area contributed by atoms with Crippen molar-refractivity contribution in [3.05, 3.63) is 164 Å². The van der Waals surface area contributed by atoms with E-state index < -0.39 is 17.5 Å². The summed E-state index contributed by atoms with van der Waals surface area (Å²) in [6.07, 6.45) is 6.63. The van der Waals surface area contributed by atoms with Gasteiger partial charge in [0, 0.05) is 44.7 Å². The highest BCUT2D eigenvalue weighted by atomic mass is 79.9. The van der Waals surface area contributed by atoms with E-state index in [9.17, 15) is 28.7 Å². The minimum absolute atomic E-state index is 0.0588. The molecule has 22 heteroatoms. The molecule has 2 aliphatic carbocycles. The van der Waals surface area contributed by atoms with Crippen molar-refractivity contribution >= 4 is 61.9 Å². The topological polar surface area (TPSA) is 324 Å². The summed E-state index contributed by atoms with van der Waals surface area (Å²) in [4.78, 5) is 48.4. The molecule has 3 aromatic heterocycles. The zero-order chi connectivity index (χ0) is 56.7. The quantitative estimate of drug-likeness (QED) is 0.0667. The van der Waals surface area contributed by atoms with Crippen LogP contribution in [0.1, 0.15) is 140 Å². The number of aromatic nitrogens is 6. The SMILES string of the molecule is CC(=O)c1c(N)c(Br)nn1-c1ccc(C#N)cc1.CC(=O)c1c(N)c(C2=CCC3(CC2)OCCO3)nn1-c1ccc(C#N)cc1.Cc1ccc(F)cc1C(=O)NCc1ccc(-n2nc(C3CCC(O)CC3)c(N)c2C(N)=O)cc1. The number of aryl methyl sites for hydroxylation is 1. The number of hydrogen-bond acceptors (Lipinski definition) is 15. The Balaban J connectivity index is 0.000000163. The second-order valence-corrected chi connectivity index (χ2v) is 19.9. The normalized spacial score (nSPS) is 16.3. The maximum Gasteiger partial charge on any atom is 0.269 e. The fourth-order valence-corrected chi connectivity index (χ4v) is 10.00. The van der Waals surface area contributed by atoms with Crippen LogP contribution < -0.4 is 28.3 Å². The Bertz CT molecular complexity index is 3560. The van der Waals surface area contributed by atoms with Gasteiger partial charge in [-0.2, -0.15) is 25.8 Å². The van der Waals surface area contributed by atoms with Crippen molar-refractivity contribution < 1.29 is 38.1 Å². The lowest BCUT2D eigenvalue weighted by Crippen LogP contribution is -2.31. The van der Waals surface area contributed by atoms with Gasteiger partial charge in [0.15, 0.2) is 27.7 Å². The van der Waals surface area contributed by atoms with E-state index in [0.29, 0.717) is 111 Å². The van der Waals surface area contributed by atoms with E-state index in [-0.39, 0.29) is 53.0 Å². The monoisotopic (exact) mass is 1130 g/mol. The number of anilines is 3. The largest absolute Gasteiger partial charge is 0.395 e. The summed E-state index contributed by atoms with van der Waals surface area (Å²) >= 11 is 3.20. The molecular formula is C57H57BrFN13O7. The number of carbonyl (C=O) groups is 4. The molecular weight excluding hydrogens is 1080 g/mol. The van der Waals surface area contributed by atoms with Crippen molar-refractivity contribution in [2.75, 3.05) is 30.4 Å². The summed E-state index contributed by atoms with van der Waals surface area (Å²) in [5.74, 6) is -2.29. The number of aliphatic hydroxyl groups is 1. The summed E-state index contributed by atoms with van der Waals surface area (Å²) in [5.41, 5.74) is 32.9. The van der Waals surface area contributed by atoms with Gasteiger partial charge in [-0.1, -0.05) is 24.3 Å². The maximum atomic E-state index is 13.5. The first kappa shape index (κ1) is 56.4. The van der Waals surface area contributed by atoms with E-state index in [0.717, 1.165) is 30.4 Å². The number of benzene rings is 4. The van der Waals surface area contributed by atoms with Gasteiger partial charge in [-0.25, -0.2) is 18.4 Å². The van der Waals surface area contributed by atoms with Crippen molar-refractivity contribution in [2.45, 2.75) is 90.1 Å². The first-order valence-electron chi connectivity index (χ1n) is 25.2. The van der Waals surface area contributed by atoms with Gasteiger partial charge in [0.1, 0.15) is 22.9 Å². The van der Waals surface area contributed by atoms with Crippen molar-refractivity contribution in [1.29, 1.82) is 10.5 Å². The van der Waals surface area contributed by atoms with Crippen LogP contribution in [0.25, 0.3) is 22.6 Å². The molecule has 406 valence electrons. The molecule has 2 amide bonds. The van der Waals surface area contributed by atoms with Crippen LogP contribution in [0.15, 0.2) is 102 Å². The van der Waals surface area contributed by atoms with E-state index in [2.05, 4.69) is 42.6 Å². The van der Waals surface area contributed by atoms with E-state index in [1.807, 2.05) is 12.1 Å². The van der Waals surface area contributed by atoms with E-state index in [4.69, 9.17) is 42.9 Å². The fraction of sp³-hybridized carbons (Fsp3) is 0.281. The maximum absolute atomic E-state index is 13.5. The molecule has 0 bridgehead atoms. The first-order valence-corrected chi connectivity index (χ1v) is 26.0. The molecule has 0 radical (unpaired) electrons. The number of hydrogen-bond donors (Lipinski definition) is 6. The number of rotatable bonds is 11. The van der Waals surface area contributed by atoms with Crippen molar-refractivity contribution in [3.63, 3.8) is 0 Å². The predicted molar refractivity (Wildman–Crippen MR) is 296 cm³/mol. The highest BCUT2D eigenvalue weighted by Crippen LogP contribution is 2.41. The van der Waals surface area contributed by atoms with Crippen molar-refractivity contribution in [1.82, 2.24) is 34.7 Å². The van der Waals surface area contributed by atoms with Crippen LogP contribution in [-0.4, -0.2) is 82.9 Å². The number of ketones is 2. The lowest BCUT2D eigenvalue weighted by atomic mass is 9.85. The Hall–Kier alpha value is -8.80. The molecule has 1 spiro atoms. The molecule has 4 aromatic carbocycles. The Labute approximate surface area is 462 Å². The van der Waals surface area contributed by atoms with Crippen LogP contribution in [0.5, 0.6) is 0 Å². The molecule has 4 heterocycles. The van der Waals surface area contributed by atoms with Gasteiger partial charge in [-0.15, -0.1) is 0 Å². The average Bonchev–Trinajstić information content (AvgIpc) is 4.45. The zero-order valence-corrected chi connectivity index (χ0v) is 45.1. The number of Topliss-reactive ketones (excluding diaryl/α,β-unsaturated/α-hetero) is 2. The second-order valence-electron chi connectivity index (χ2n) is 19.2. The number of nitrogens with zero attached hydrogens (tertiary/aromatic N) is 8. The van der Waals surface area contributed by atoms with Gasteiger partial charge >= 0.3 is 0 Å². The highest BCUT2D eigenvalue weighted by molar-refractivity contribution is 9.10. The molecule has 3 aliphatic rings. The van der Waals surface area contributed by atoms with Crippen molar-refractivity contribution in [3.8, 4) is 29.2 Å². The summed E-state index contributed by atoms with van der Waals surface area (Å²) in [7, 11) is 0. The molecule has 1 aliphatic heterocycles. The van der Waals surface area contributed by atoms with E-state index in [1.54, 1.807) is 90.5 Å². The first-order chi connectivity index (χ1) is 37.8. The molecule has 1 saturated carbocycles. The van der Waals surface area contributed by atoms with Gasteiger partial charge < -0.3 is 42.8 Å². The van der Waals surface area contributed by atoms with Crippen LogP contribution >= 0.6 is 15.9 Å². The number of allylic oxidation sites excluding steroid dienone is 1. The molecule has 0 atom stereocenters. The Kier molecular flexibility index (Phi) is 17.3. The molecule has 2 fully saturated rings. The van der Waals surface area contributed by atoms with Crippen LogP contribution in [0, 0.1) is 35.4 Å². The fourth-order valence-electron chi connectivity index (χ4n) is 9.65. The summed E-state index contributed by atoms with van der Waals surface area (Å²) in [6.45, 7) is 6.13. The molecule has 79 heavy (non-hydrogen) atoms. The number of halogens is 2. The zero-order valence-electron chi connectivity index (χ0n) is 43.5. The number of nitrogens with two attached hydrogens (primary N) is 4. The smallest absolute Gasteiger partial charge is 0.269 e. The minimum Gasteiger partial charge on any atom is -0.395 e. The second kappa shape index (κ2) is 24.3. The summed E-state index contributed by atoms with van der Waals surface area (Å²) < 4.78 is 29.9. The van der Waals surface area contributed by atoms with Crippen LogP contribution in [0.4, 0.5) is 21.5 Å².